The number of nitrogens with zero attached hydrogens (tertiary/aromatic N) is 1. The Morgan fingerprint density at radius 3 is 2.65 bits per heavy atom. The minimum Gasteiger partial charge on any atom is -0.465 e. The summed E-state index contributed by atoms with van der Waals surface area (Å²) in [7, 11) is 1.27. The highest BCUT2D eigenvalue weighted by molar-refractivity contribution is 7.16. The van der Waals surface area contributed by atoms with E-state index in [2.05, 4.69) is 5.32 Å². The first-order valence-electron chi connectivity index (χ1n) is 8.92. The van der Waals surface area contributed by atoms with Crippen LogP contribution >= 0.6 is 34.5 Å². The zero-order valence-corrected chi connectivity index (χ0v) is 19.0. The standard InChI is InChI=1S/C22H16Cl2N2O4S/c1-11-12(2)31-21(18(11)22(28)29-3)26-20(27)13(10-25)9-14-7-8-17(30-14)15-5-4-6-16(23)19(15)24/h4-9H,1-3H3,(H,26,27). The summed E-state index contributed by atoms with van der Waals surface area (Å²) in [5, 5.41) is 13.1. The predicted molar refractivity (Wildman–Crippen MR) is 122 cm³/mol. The van der Waals surface area contributed by atoms with E-state index in [9.17, 15) is 14.9 Å². The van der Waals surface area contributed by atoms with Crippen LogP contribution < -0.4 is 5.32 Å². The average Bonchev–Trinajstić information content (AvgIpc) is 3.32. The summed E-state index contributed by atoms with van der Waals surface area (Å²) in [6.07, 6.45) is 1.31. The van der Waals surface area contributed by atoms with E-state index in [0.29, 0.717) is 31.9 Å². The molecule has 3 aromatic rings. The Morgan fingerprint density at radius 2 is 1.97 bits per heavy atom. The molecule has 0 aliphatic rings. The largest absolute Gasteiger partial charge is 0.465 e. The number of aryl methyl sites for hydroxylation is 1. The number of amides is 1. The summed E-state index contributed by atoms with van der Waals surface area (Å²) in [6.45, 7) is 3.59. The van der Waals surface area contributed by atoms with Gasteiger partial charge in [0.2, 0.25) is 0 Å². The summed E-state index contributed by atoms with van der Waals surface area (Å²) in [4.78, 5) is 25.6. The number of methoxy groups -OCH3 is 1. The Bertz CT molecular complexity index is 1250. The number of carbonyl (C=O) groups excluding carboxylic acids is 2. The van der Waals surface area contributed by atoms with E-state index in [-0.39, 0.29) is 16.9 Å². The van der Waals surface area contributed by atoms with Gasteiger partial charge in [-0.2, -0.15) is 5.26 Å². The van der Waals surface area contributed by atoms with Crippen LogP contribution in [0.5, 0.6) is 0 Å². The molecule has 2 heterocycles. The highest BCUT2D eigenvalue weighted by atomic mass is 35.5. The van der Waals surface area contributed by atoms with Crippen molar-refractivity contribution in [2.75, 3.05) is 12.4 Å². The lowest BCUT2D eigenvalue weighted by Gasteiger charge is -2.05. The summed E-state index contributed by atoms with van der Waals surface area (Å²) in [5.41, 5.74) is 1.37. The van der Waals surface area contributed by atoms with Crippen LogP contribution in [0.4, 0.5) is 5.00 Å². The quantitative estimate of drug-likeness (QED) is 0.267. The molecule has 0 saturated heterocycles. The van der Waals surface area contributed by atoms with Crippen LogP contribution in [0.3, 0.4) is 0 Å². The van der Waals surface area contributed by atoms with Crippen LogP contribution in [0.1, 0.15) is 26.6 Å². The second kappa shape index (κ2) is 9.40. The first-order chi connectivity index (χ1) is 14.8. The van der Waals surface area contributed by atoms with Crippen LogP contribution in [-0.2, 0) is 9.53 Å². The third-order valence-electron chi connectivity index (χ3n) is 4.50. The second-order valence-electron chi connectivity index (χ2n) is 6.41. The van der Waals surface area contributed by atoms with E-state index in [1.165, 1.54) is 24.5 Å². The van der Waals surface area contributed by atoms with Crippen molar-refractivity contribution in [3.05, 3.63) is 67.7 Å². The van der Waals surface area contributed by atoms with Crippen molar-refractivity contribution in [1.29, 1.82) is 5.26 Å². The number of anilines is 1. The van der Waals surface area contributed by atoms with Gasteiger partial charge in [0, 0.05) is 16.5 Å². The van der Waals surface area contributed by atoms with Gasteiger partial charge in [0.25, 0.3) is 5.91 Å². The Hall–Kier alpha value is -3.05. The number of carbonyl (C=O) groups is 2. The molecule has 9 heteroatoms. The number of nitrogens with one attached hydrogen (secondary N) is 1. The number of thiophene rings is 1. The lowest BCUT2D eigenvalue weighted by Crippen LogP contribution is -2.15. The van der Waals surface area contributed by atoms with Gasteiger partial charge in [-0.25, -0.2) is 4.79 Å². The lowest BCUT2D eigenvalue weighted by atomic mass is 10.1. The molecule has 0 radical (unpaired) electrons. The molecule has 1 N–H and O–H groups in total. The van der Waals surface area contributed by atoms with Gasteiger partial charge >= 0.3 is 5.97 Å². The van der Waals surface area contributed by atoms with Gasteiger partial charge in [0.05, 0.1) is 22.7 Å². The van der Waals surface area contributed by atoms with E-state index in [4.69, 9.17) is 32.4 Å². The molecule has 0 unspecified atom stereocenters. The zero-order chi connectivity index (χ0) is 22.7. The Balaban J connectivity index is 1.89. The molecule has 0 aliphatic carbocycles. The highest BCUT2D eigenvalue weighted by Crippen LogP contribution is 2.35. The molecule has 0 saturated carbocycles. The van der Waals surface area contributed by atoms with Gasteiger partial charge in [-0.3, -0.25) is 4.79 Å². The minimum absolute atomic E-state index is 0.197. The fraction of sp³-hybridized carbons (Fsp3) is 0.136. The van der Waals surface area contributed by atoms with Crippen LogP contribution in [0, 0.1) is 25.2 Å². The maximum atomic E-state index is 12.7. The number of hydrogen-bond donors (Lipinski definition) is 1. The molecule has 0 aliphatic heterocycles. The van der Waals surface area contributed by atoms with E-state index in [1.54, 1.807) is 37.3 Å². The third kappa shape index (κ3) is 4.67. The summed E-state index contributed by atoms with van der Waals surface area (Å²) in [5.74, 6) is -0.514. The number of benzene rings is 1. The maximum absolute atomic E-state index is 12.7. The van der Waals surface area contributed by atoms with Crippen molar-refractivity contribution in [3.8, 4) is 17.4 Å². The van der Waals surface area contributed by atoms with Gasteiger partial charge in [-0.05, 0) is 43.7 Å². The van der Waals surface area contributed by atoms with Crippen molar-refractivity contribution in [1.82, 2.24) is 0 Å². The van der Waals surface area contributed by atoms with E-state index in [0.717, 1.165) is 4.88 Å². The second-order valence-corrected chi connectivity index (χ2v) is 8.42. The van der Waals surface area contributed by atoms with Crippen molar-refractivity contribution in [2.45, 2.75) is 13.8 Å². The molecule has 0 fully saturated rings. The molecule has 2 aromatic heterocycles. The smallest absolute Gasteiger partial charge is 0.341 e. The van der Waals surface area contributed by atoms with Gasteiger partial charge in [0.1, 0.15) is 28.2 Å². The number of furan rings is 1. The molecule has 158 valence electrons. The van der Waals surface area contributed by atoms with Crippen molar-refractivity contribution in [2.24, 2.45) is 0 Å². The molecule has 0 atom stereocenters. The summed E-state index contributed by atoms with van der Waals surface area (Å²) in [6, 6.07) is 10.3. The molecule has 31 heavy (non-hydrogen) atoms. The monoisotopic (exact) mass is 474 g/mol. The summed E-state index contributed by atoms with van der Waals surface area (Å²) < 4.78 is 10.5. The van der Waals surface area contributed by atoms with Crippen molar-refractivity contribution >= 4 is 57.5 Å². The van der Waals surface area contributed by atoms with Crippen LogP contribution in [-0.4, -0.2) is 19.0 Å². The number of halogens is 2. The van der Waals surface area contributed by atoms with Gasteiger partial charge in [-0.15, -0.1) is 11.3 Å². The van der Waals surface area contributed by atoms with Crippen LogP contribution in [0.25, 0.3) is 17.4 Å². The summed E-state index contributed by atoms with van der Waals surface area (Å²) >= 11 is 13.5. The Labute approximate surface area is 192 Å². The number of esters is 1. The topological polar surface area (TPSA) is 92.3 Å². The molecule has 1 aromatic carbocycles. The maximum Gasteiger partial charge on any atom is 0.341 e. The van der Waals surface area contributed by atoms with E-state index in [1.807, 2.05) is 13.0 Å². The fourth-order valence-corrected chi connectivity index (χ4v) is 4.23. The zero-order valence-electron chi connectivity index (χ0n) is 16.7. The SMILES string of the molecule is COC(=O)c1c(NC(=O)C(C#N)=Cc2ccc(-c3cccc(Cl)c3Cl)o2)sc(C)c1C. The minimum atomic E-state index is -0.673. The van der Waals surface area contributed by atoms with Gasteiger partial charge in [0.15, 0.2) is 0 Å². The van der Waals surface area contributed by atoms with Crippen LogP contribution in [0.15, 0.2) is 40.3 Å². The number of nitriles is 1. The highest BCUT2D eigenvalue weighted by Gasteiger charge is 2.23. The molecular weight excluding hydrogens is 459 g/mol. The Kier molecular flexibility index (Phi) is 6.86. The average molecular weight is 475 g/mol. The molecule has 0 bridgehead atoms. The normalized spacial score (nSPS) is 11.2. The third-order valence-corrected chi connectivity index (χ3v) is 6.44. The van der Waals surface area contributed by atoms with Gasteiger partial charge in [-0.1, -0.05) is 29.3 Å². The fourth-order valence-electron chi connectivity index (χ4n) is 2.79. The molecular formula is C22H16Cl2N2O4S. The molecule has 1 amide bonds. The predicted octanol–water partition coefficient (Wildman–Crippen LogP) is 6.26. The number of rotatable bonds is 5. The van der Waals surface area contributed by atoms with Crippen LogP contribution in [0.2, 0.25) is 10.0 Å². The number of ether oxygens (including phenoxy) is 1. The molecule has 0 spiro atoms. The first-order valence-corrected chi connectivity index (χ1v) is 10.5. The number of hydrogen-bond acceptors (Lipinski definition) is 6. The van der Waals surface area contributed by atoms with E-state index >= 15 is 0 Å². The Morgan fingerprint density at radius 1 is 1.23 bits per heavy atom. The first kappa shape index (κ1) is 22.6. The van der Waals surface area contributed by atoms with Crippen molar-refractivity contribution in [3.63, 3.8) is 0 Å². The van der Waals surface area contributed by atoms with E-state index < -0.39 is 11.9 Å². The van der Waals surface area contributed by atoms with Gasteiger partial charge < -0.3 is 14.5 Å². The lowest BCUT2D eigenvalue weighted by molar-refractivity contribution is -0.112. The molecule has 6 nitrogen and oxygen atoms in total. The molecule has 3 rings (SSSR count). The van der Waals surface area contributed by atoms with Crippen molar-refractivity contribution < 1.29 is 18.7 Å².